The van der Waals surface area contributed by atoms with E-state index in [1.165, 1.54) is 0 Å². The van der Waals surface area contributed by atoms with Crippen molar-refractivity contribution in [3.05, 3.63) is 54.5 Å². The molecule has 2 aliphatic heterocycles. The molecule has 0 unspecified atom stereocenters. The van der Waals surface area contributed by atoms with Crippen molar-refractivity contribution in [1.82, 2.24) is 9.80 Å². The lowest BCUT2D eigenvalue weighted by Gasteiger charge is -2.54. The van der Waals surface area contributed by atoms with Crippen molar-refractivity contribution in [2.24, 2.45) is 5.92 Å². The van der Waals surface area contributed by atoms with E-state index in [1.54, 1.807) is 18.4 Å². The number of hydrogen-bond donors (Lipinski definition) is 0. The molecule has 0 N–H and O–H groups in total. The van der Waals surface area contributed by atoms with Gasteiger partial charge in [-0.2, -0.15) is 0 Å². The molecule has 0 bridgehead atoms. The summed E-state index contributed by atoms with van der Waals surface area (Å²) >= 11 is 0. The summed E-state index contributed by atoms with van der Waals surface area (Å²) in [6, 6.07) is 14.5. The van der Waals surface area contributed by atoms with Gasteiger partial charge in [0, 0.05) is 25.7 Å². The molecule has 144 valence electrons. The molecule has 1 amide bonds. The van der Waals surface area contributed by atoms with E-state index in [0.29, 0.717) is 23.8 Å². The van der Waals surface area contributed by atoms with Gasteiger partial charge in [0.15, 0.2) is 5.76 Å². The maximum Gasteiger partial charge on any atom is 0.289 e. The standard InChI is InChI=1S/C22H28N2O3/c1-16(2)24-15-20(27-18-7-4-3-5-8-18)21(24)17-10-12-23(13-11-17)22(25)19-9-6-14-26-19/h3-9,14,16-17,20-21H,10-13,15H2,1-2H3/t20-,21-/m0/s1. The average molecular weight is 368 g/mol. The van der Waals surface area contributed by atoms with Crippen molar-refractivity contribution in [2.75, 3.05) is 19.6 Å². The van der Waals surface area contributed by atoms with E-state index in [4.69, 9.17) is 9.15 Å². The predicted octanol–water partition coefficient (Wildman–Crippen LogP) is 3.67. The lowest BCUT2D eigenvalue weighted by atomic mass is 9.79. The molecule has 2 atom stereocenters. The molecule has 3 heterocycles. The Morgan fingerprint density at radius 3 is 2.48 bits per heavy atom. The molecule has 5 nitrogen and oxygen atoms in total. The molecule has 2 aromatic rings. The number of carbonyl (C=O) groups is 1. The third kappa shape index (κ3) is 3.74. The smallest absolute Gasteiger partial charge is 0.289 e. The molecule has 2 saturated heterocycles. The monoisotopic (exact) mass is 368 g/mol. The number of benzene rings is 1. The van der Waals surface area contributed by atoms with Crippen molar-refractivity contribution < 1.29 is 13.9 Å². The number of rotatable bonds is 5. The minimum absolute atomic E-state index is 0.00450. The van der Waals surface area contributed by atoms with Crippen LogP contribution in [0.25, 0.3) is 0 Å². The number of ether oxygens (including phenoxy) is 1. The summed E-state index contributed by atoms with van der Waals surface area (Å²) in [4.78, 5) is 17.0. The number of likely N-dealkylation sites (tertiary alicyclic amines) is 2. The molecule has 0 aliphatic carbocycles. The quantitative estimate of drug-likeness (QED) is 0.808. The molecule has 4 rings (SSSR count). The molecule has 1 aromatic heterocycles. The summed E-state index contributed by atoms with van der Waals surface area (Å²) in [6.07, 6.45) is 3.80. The summed E-state index contributed by atoms with van der Waals surface area (Å²) in [5, 5.41) is 0. The fraction of sp³-hybridized carbons (Fsp3) is 0.500. The van der Waals surface area contributed by atoms with E-state index >= 15 is 0 Å². The number of nitrogens with zero attached hydrogens (tertiary/aromatic N) is 2. The Morgan fingerprint density at radius 1 is 1.11 bits per heavy atom. The Hall–Kier alpha value is -2.27. The summed E-state index contributed by atoms with van der Waals surface area (Å²) in [6.45, 7) is 7.04. The Bertz CT molecular complexity index is 736. The van der Waals surface area contributed by atoms with Crippen molar-refractivity contribution >= 4 is 5.91 Å². The maximum absolute atomic E-state index is 12.5. The topological polar surface area (TPSA) is 45.9 Å². The molecule has 0 saturated carbocycles. The Morgan fingerprint density at radius 2 is 1.85 bits per heavy atom. The highest BCUT2D eigenvalue weighted by atomic mass is 16.5. The summed E-state index contributed by atoms with van der Waals surface area (Å²) in [7, 11) is 0. The van der Waals surface area contributed by atoms with Gasteiger partial charge in [-0.15, -0.1) is 0 Å². The van der Waals surface area contributed by atoms with Crippen LogP contribution in [0.2, 0.25) is 0 Å². The average Bonchev–Trinajstić information content (AvgIpc) is 3.20. The van der Waals surface area contributed by atoms with Gasteiger partial charge in [0.2, 0.25) is 0 Å². The van der Waals surface area contributed by atoms with E-state index in [9.17, 15) is 4.79 Å². The second-order valence-electron chi connectivity index (χ2n) is 7.86. The normalized spacial score (nSPS) is 24.0. The number of amides is 1. The van der Waals surface area contributed by atoms with Crippen LogP contribution in [0.1, 0.15) is 37.2 Å². The largest absolute Gasteiger partial charge is 0.487 e. The number of carbonyl (C=O) groups excluding carboxylic acids is 1. The van der Waals surface area contributed by atoms with Gasteiger partial charge in [-0.1, -0.05) is 18.2 Å². The lowest BCUT2D eigenvalue weighted by molar-refractivity contribution is -0.0984. The van der Waals surface area contributed by atoms with Crippen molar-refractivity contribution in [3.63, 3.8) is 0 Å². The first kappa shape index (κ1) is 18.1. The molecule has 1 aromatic carbocycles. The second-order valence-corrected chi connectivity index (χ2v) is 7.86. The van der Waals surface area contributed by atoms with Crippen LogP contribution in [0.4, 0.5) is 0 Å². The van der Waals surface area contributed by atoms with E-state index in [-0.39, 0.29) is 12.0 Å². The Labute approximate surface area is 160 Å². The van der Waals surface area contributed by atoms with Crippen LogP contribution in [0.5, 0.6) is 5.75 Å². The molecule has 0 radical (unpaired) electrons. The maximum atomic E-state index is 12.5. The molecule has 27 heavy (non-hydrogen) atoms. The van der Waals surface area contributed by atoms with Crippen molar-refractivity contribution in [2.45, 2.75) is 44.9 Å². The highest BCUT2D eigenvalue weighted by Gasteiger charge is 2.47. The van der Waals surface area contributed by atoms with E-state index < -0.39 is 0 Å². The third-order valence-corrected chi connectivity index (χ3v) is 5.89. The van der Waals surface area contributed by atoms with Crippen LogP contribution in [0.3, 0.4) is 0 Å². The van der Waals surface area contributed by atoms with Gasteiger partial charge < -0.3 is 14.1 Å². The van der Waals surface area contributed by atoms with Crippen LogP contribution in [-0.4, -0.2) is 53.5 Å². The lowest BCUT2D eigenvalue weighted by Crippen LogP contribution is -2.68. The first-order valence-electron chi connectivity index (χ1n) is 9.93. The first-order chi connectivity index (χ1) is 13.1. The predicted molar refractivity (Wildman–Crippen MR) is 104 cm³/mol. The SMILES string of the molecule is CC(C)N1C[C@H](Oc2ccccc2)[C@@H]1C1CCN(C(=O)c2ccco2)CC1. The van der Waals surface area contributed by atoms with Gasteiger partial charge in [0.05, 0.1) is 12.3 Å². The minimum Gasteiger partial charge on any atom is -0.487 e. The van der Waals surface area contributed by atoms with Crippen LogP contribution in [-0.2, 0) is 0 Å². The summed E-state index contributed by atoms with van der Waals surface area (Å²) in [5.74, 6) is 1.94. The molecular weight excluding hydrogens is 340 g/mol. The summed E-state index contributed by atoms with van der Waals surface area (Å²) < 4.78 is 11.6. The fourth-order valence-corrected chi connectivity index (χ4v) is 4.42. The van der Waals surface area contributed by atoms with Gasteiger partial charge in [-0.3, -0.25) is 9.69 Å². The third-order valence-electron chi connectivity index (χ3n) is 5.89. The fourth-order valence-electron chi connectivity index (χ4n) is 4.42. The zero-order valence-electron chi connectivity index (χ0n) is 16.1. The zero-order valence-corrected chi connectivity index (χ0v) is 16.1. The number of hydrogen-bond acceptors (Lipinski definition) is 4. The van der Waals surface area contributed by atoms with Gasteiger partial charge in [0.1, 0.15) is 11.9 Å². The highest BCUT2D eigenvalue weighted by Crippen LogP contribution is 2.36. The molecule has 5 heteroatoms. The number of furan rings is 1. The number of para-hydroxylation sites is 1. The van der Waals surface area contributed by atoms with Gasteiger partial charge in [-0.05, 0) is 56.9 Å². The van der Waals surface area contributed by atoms with Crippen LogP contribution in [0, 0.1) is 5.92 Å². The van der Waals surface area contributed by atoms with Crippen LogP contribution >= 0.6 is 0 Å². The Kier molecular flexibility index (Phi) is 5.21. The molecule has 2 aliphatic rings. The van der Waals surface area contributed by atoms with Crippen molar-refractivity contribution in [3.8, 4) is 5.75 Å². The van der Waals surface area contributed by atoms with Crippen molar-refractivity contribution in [1.29, 1.82) is 0 Å². The minimum atomic E-state index is 0.00450. The van der Waals surface area contributed by atoms with Gasteiger partial charge in [0.25, 0.3) is 5.91 Å². The summed E-state index contributed by atoms with van der Waals surface area (Å²) in [5.41, 5.74) is 0. The van der Waals surface area contributed by atoms with E-state index in [0.717, 1.165) is 38.2 Å². The molecular formula is C22H28N2O3. The first-order valence-corrected chi connectivity index (χ1v) is 9.93. The number of piperidine rings is 1. The van der Waals surface area contributed by atoms with Crippen LogP contribution in [0.15, 0.2) is 53.1 Å². The second kappa shape index (κ2) is 7.77. The van der Waals surface area contributed by atoms with Crippen LogP contribution < -0.4 is 4.74 Å². The van der Waals surface area contributed by atoms with E-state index in [2.05, 4.69) is 18.7 Å². The molecule has 2 fully saturated rings. The zero-order chi connectivity index (χ0) is 18.8. The van der Waals surface area contributed by atoms with Gasteiger partial charge in [-0.25, -0.2) is 0 Å². The molecule has 0 spiro atoms. The Balaban J connectivity index is 1.39. The highest BCUT2D eigenvalue weighted by molar-refractivity contribution is 5.91. The van der Waals surface area contributed by atoms with Gasteiger partial charge >= 0.3 is 0 Å². The van der Waals surface area contributed by atoms with E-state index in [1.807, 2.05) is 35.2 Å².